The third-order valence-corrected chi connectivity index (χ3v) is 3.39. The van der Waals surface area contributed by atoms with Crippen LogP contribution in [0.2, 0.25) is 0 Å². The van der Waals surface area contributed by atoms with Crippen LogP contribution >= 0.6 is 0 Å². The van der Waals surface area contributed by atoms with Crippen molar-refractivity contribution in [2.45, 2.75) is 45.2 Å². The van der Waals surface area contributed by atoms with E-state index in [1.54, 1.807) is 0 Å². The number of amides is 1. The monoisotopic (exact) mass is 246 g/mol. The highest BCUT2D eigenvalue weighted by atomic mass is 16.1. The molecule has 1 fully saturated rings. The Bertz CT molecular complexity index is 413. The van der Waals surface area contributed by atoms with E-state index in [2.05, 4.69) is 29.7 Å². The molecule has 1 amide bonds. The Kier molecular flexibility index (Phi) is 4.37. The van der Waals surface area contributed by atoms with E-state index in [4.69, 9.17) is 0 Å². The predicted octanol–water partition coefficient (Wildman–Crippen LogP) is 2.31. The second-order valence-electron chi connectivity index (χ2n) is 5.12. The first-order valence-corrected chi connectivity index (χ1v) is 6.75. The molecule has 0 spiro atoms. The normalized spacial score (nSPS) is 16.3. The van der Waals surface area contributed by atoms with Crippen molar-refractivity contribution in [2.75, 3.05) is 6.54 Å². The summed E-state index contributed by atoms with van der Waals surface area (Å²) in [6.45, 7) is 4.90. The Hall–Kier alpha value is -1.35. The van der Waals surface area contributed by atoms with Crippen molar-refractivity contribution < 1.29 is 4.79 Å². The van der Waals surface area contributed by atoms with Gasteiger partial charge in [-0.2, -0.15) is 0 Å². The van der Waals surface area contributed by atoms with Gasteiger partial charge in [0.2, 0.25) is 5.91 Å². The van der Waals surface area contributed by atoms with Gasteiger partial charge in [0.05, 0.1) is 6.04 Å². The Morgan fingerprint density at radius 3 is 2.78 bits per heavy atom. The SMILES string of the molecule is Cc1ccccc1C(C)NC(=O)CCNC1CC1. The Morgan fingerprint density at radius 1 is 1.39 bits per heavy atom. The van der Waals surface area contributed by atoms with Crippen LogP contribution in [0, 0.1) is 6.92 Å². The second-order valence-corrected chi connectivity index (χ2v) is 5.12. The zero-order valence-corrected chi connectivity index (χ0v) is 11.2. The molecule has 1 aliphatic rings. The minimum atomic E-state index is 0.0830. The van der Waals surface area contributed by atoms with E-state index in [0.29, 0.717) is 12.5 Å². The summed E-state index contributed by atoms with van der Waals surface area (Å²) in [5, 5.41) is 6.40. The van der Waals surface area contributed by atoms with Crippen LogP contribution in [0.5, 0.6) is 0 Å². The van der Waals surface area contributed by atoms with E-state index < -0.39 is 0 Å². The van der Waals surface area contributed by atoms with Gasteiger partial charge in [0.1, 0.15) is 0 Å². The number of nitrogens with one attached hydrogen (secondary N) is 2. The third-order valence-electron chi connectivity index (χ3n) is 3.39. The lowest BCUT2D eigenvalue weighted by molar-refractivity contribution is -0.121. The van der Waals surface area contributed by atoms with Crippen molar-refractivity contribution in [1.82, 2.24) is 10.6 Å². The zero-order valence-electron chi connectivity index (χ0n) is 11.2. The summed E-state index contributed by atoms with van der Waals surface area (Å²) in [7, 11) is 0. The average molecular weight is 246 g/mol. The second kappa shape index (κ2) is 6.01. The smallest absolute Gasteiger partial charge is 0.221 e. The van der Waals surface area contributed by atoms with Crippen molar-refractivity contribution in [3.05, 3.63) is 35.4 Å². The molecule has 1 unspecified atom stereocenters. The van der Waals surface area contributed by atoms with Gasteiger partial charge in [-0.3, -0.25) is 4.79 Å². The molecule has 0 heterocycles. The lowest BCUT2D eigenvalue weighted by Gasteiger charge is -2.16. The van der Waals surface area contributed by atoms with Crippen LogP contribution in [0.1, 0.15) is 43.4 Å². The lowest BCUT2D eigenvalue weighted by Crippen LogP contribution is -2.30. The molecule has 0 aliphatic heterocycles. The van der Waals surface area contributed by atoms with Crippen molar-refractivity contribution >= 4 is 5.91 Å². The largest absolute Gasteiger partial charge is 0.350 e. The highest BCUT2D eigenvalue weighted by Gasteiger charge is 2.20. The molecule has 1 saturated carbocycles. The van der Waals surface area contributed by atoms with Gasteiger partial charge in [-0.1, -0.05) is 24.3 Å². The standard InChI is InChI=1S/C15H22N2O/c1-11-5-3-4-6-14(11)12(2)17-15(18)9-10-16-13-7-8-13/h3-6,12-13,16H,7-10H2,1-2H3,(H,17,18). The van der Waals surface area contributed by atoms with E-state index in [0.717, 1.165) is 6.54 Å². The molecule has 0 bridgehead atoms. The van der Waals surface area contributed by atoms with Gasteiger partial charge in [-0.15, -0.1) is 0 Å². The molecule has 0 radical (unpaired) electrons. The maximum absolute atomic E-state index is 11.8. The number of aryl methyl sites for hydroxylation is 1. The summed E-state index contributed by atoms with van der Waals surface area (Å²) in [4.78, 5) is 11.8. The third kappa shape index (κ3) is 3.84. The van der Waals surface area contributed by atoms with E-state index in [1.807, 2.05) is 19.1 Å². The molecule has 1 aromatic carbocycles. The topological polar surface area (TPSA) is 41.1 Å². The number of carbonyl (C=O) groups excluding carboxylic acids is 1. The highest BCUT2D eigenvalue weighted by Crippen LogP contribution is 2.18. The zero-order chi connectivity index (χ0) is 13.0. The fraction of sp³-hybridized carbons (Fsp3) is 0.533. The van der Waals surface area contributed by atoms with E-state index in [9.17, 15) is 4.79 Å². The summed E-state index contributed by atoms with van der Waals surface area (Å²) < 4.78 is 0. The summed E-state index contributed by atoms with van der Waals surface area (Å²) >= 11 is 0. The summed E-state index contributed by atoms with van der Waals surface area (Å²) in [6.07, 6.45) is 3.09. The van der Waals surface area contributed by atoms with Gasteiger partial charge >= 0.3 is 0 Å². The molecule has 2 rings (SSSR count). The summed E-state index contributed by atoms with van der Waals surface area (Å²) in [5.41, 5.74) is 2.42. The minimum Gasteiger partial charge on any atom is -0.350 e. The molecular weight excluding hydrogens is 224 g/mol. The van der Waals surface area contributed by atoms with Crippen molar-refractivity contribution in [1.29, 1.82) is 0 Å². The fourth-order valence-corrected chi connectivity index (χ4v) is 2.14. The van der Waals surface area contributed by atoms with Gasteiger partial charge in [0, 0.05) is 19.0 Å². The molecule has 3 nitrogen and oxygen atoms in total. The van der Waals surface area contributed by atoms with Crippen molar-refractivity contribution in [3.8, 4) is 0 Å². The quantitative estimate of drug-likeness (QED) is 0.808. The van der Waals surface area contributed by atoms with Crippen LogP contribution in [0.4, 0.5) is 0 Å². The molecule has 1 aliphatic carbocycles. The number of rotatable bonds is 6. The van der Waals surface area contributed by atoms with Gasteiger partial charge in [-0.25, -0.2) is 0 Å². The number of hydrogen-bond acceptors (Lipinski definition) is 2. The first kappa shape index (κ1) is 13.1. The van der Waals surface area contributed by atoms with E-state index in [-0.39, 0.29) is 11.9 Å². The van der Waals surface area contributed by atoms with Gasteiger partial charge in [0.15, 0.2) is 0 Å². The average Bonchev–Trinajstić information content (AvgIpc) is 3.13. The van der Waals surface area contributed by atoms with E-state index >= 15 is 0 Å². The molecular formula is C15H22N2O. The Balaban J connectivity index is 1.77. The van der Waals surface area contributed by atoms with Crippen LogP contribution in [-0.2, 0) is 4.79 Å². The maximum Gasteiger partial charge on any atom is 0.221 e. The minimum absolute atomic E-state index is 0.0830. The molecule has 1 atom stereocenters. The molecule has 18 heavy (non-hydrogen) atoms. The van der Waals surface area contributed by atoms with Crippen LogP contribution in [0.3, 0.4) is 0 Å². The predicted molar refractivity (Wildman–Crippen MR) is 73.4 cm³/mol. The molecule has 1 aromatic rings. The number of benzene rings is 1. The van der Waals surface area contributed by atoms with Crippen LogP contribution < -0.4 is 10.6 Å². The van der Waals surface area contributed by atoms with Crippen molar-refractivity contribution in [2.24, 2.45) is 0 Å². The first-order valence-electron chi connectivity index (χ1n) is 6.75. The van der Waals surface area contributed by atoms with Gasteiger partial charge in [-0.05, 0) is 37.8 Å². The first-order chi connectivity index (χ1) is 8.66. The molecule has 0 aromatic heterocycles. The van der Waals surface area contributed by atoms with Crippen LogP contribution in [-0.4, -0.2) is 18.5 Å². The van der Waals surface area contributed by atoms with Crippen LogP contribution in [0.25, 0.3) is 0 Å². The van der Waals surface area contributed by atoms with Crippen molar-refractivity contribution in [3.63, 3.8) is 0 Å². The van der Waals surface area contributed by atoms with Crippen LogP contribution in [0.15, 0.2) is 24.3 Å². The van der Waals surface area contributed by atoms with E-state index in [1.165, 1.54) is 24.0 Å². The Morgan fingerprint density at radius 2 is 2.11 bits per heavy atom. The Labute approximate surface area is 109 Å². The molecule has 2 N–H and O–H groups in total. The lowest BCUT2D eigenvalue weighted by atomic mass is 10.0. The van der Waals surface area contributed by atoms with Gasteiger partial charge in [0.25, 0.3) is 0 Å². The maximum atomic E-state index is 11.8. The molecule has 3 heteroatoms. The number of carbonyl (C=O) groups is 1. The molecule has 98 valence electrons. The molecule has 0 saturated heterocycles. The number of hydrogen-bond donors (Lipinski definition) is 2. The van der Waals surface area contributed by atoms with Gasteiger partial charge < -0.3 is 10.6 Å². The highest BCUT2D eigenvalue weighted by molar-refractivity contribution is 5.76. The fourth-order valence-electron chi connectivity index (χ4n) is 2.14. The summed E-state index contributed by atoms with van der Waals surface area (Å²) in [5.74, 6) is 0.124. The summed E-state index contributed by atoms with van der Waals surface area (Å²) in [6, 6.07) is 8.94.